The molecule has 112 valence electrons. The number of hydrogen-bond donors (Lipinski definition) is 2. The second kappa shape index (κ2) is 7.81. The number of methoxy groups -OCH3 is 1. The maximum Gasteiger partial charge on any atom is 0.119 e. The van der Waals surface area contributed by atoms with E-state index in [0.29, 0.717) is 0 Å². The van der Waals surface area contributed by atoms with Gasteiger partial charge in [0.25, 0.3) is 0 Å². The Morgan fingerprint density at radius 1 is 1.10 bits per heavy atom. The molecular formula is C18H23NO2. The monoisotopic (exact) mass is 285 g/mol. The Bertz CT molecular complexity index is 551. The summed E-state index contributed by atoms with van der Waals surface area (Å²) in [5, 5.41) is 12.5. The average molecular weight is 285 g/mol. The van der Waals surface area contributed by atoms with Crippen LogP contribution in [-0.2, 0) is 13.0 Å². The summed E-state index contributed by atoms with van der Waals surface area (Å²) >= 11 is 0. The summed E-state index contributed by atoms with van der Waals surface area (Å²) in [6.45, 7) is 3.17. The maximum absolute atomic E-state index is 9.02. The number of aliphatic hydroxyl groups excluding tert-OH is 1. The van der Waals surface area contributed by atoms with E-state index in [0.717, 1.165) is 24.3 Å². The normalized spacial score (nSPS) is 12.1. The van der Waals surface area contributed by atoms with E-state index in [9.17, 15) is 0 Å². The van der Waals surface area contributed by atoms with E-state index in [-0.39, 0.29) is 12.6 Å². The molecule has 0 saturated carbocycles. The van der Waals surface area contributed by atoms with Crippen molar-refractivity contribution in [3.05, 3.63) is 65.2 Å². The highest BCUT2D eigenvalue weighted by molar-refractivity contribution is 5.30. The van der Waals surface area contributed by atoms with Crippen LogP contribution in [0.15, 0.2) is 48.5 Å². The smallest absolute Gasteiger partial charge is 0.119 e. The van der Waals surface area contributed by atoms with Crippen LogP contribution < -0.4 is 10.1 Å². The van der Waals surface area contributed by atoms with Gasteiger partial charge in [0, 0.05) is 6.04 Å². The Labute approximate surface area is 126 Å². The summed E-state index contributed by atoms with van der Waals surface area (Å²) in [5.74, 6) is 0.890. The quantitative estimate of drug-likeness (QED) is 0.821. The van der Waals surface area contributed by atoms with E-state index in [1.807, 2.05) is 24.3 Å². The van der Waals surface area contributed by atoms with Gasteiger partial charge in [-0.1, -0.05) is 36.4 Å². The first kappa shape index (κ1) is 15.5. The van der Waals surface area contributed by atoms with Crippen molar-refractivity contribution >= 4 is 0 Å². The second-order valence-electron chi connectivity index (χ2n) is 5.18. The highest BCUT2D eigenvalue weighted by Gasteiger charge is 2.05. The molecule has 0 heterocycles. The van der Waals surface area contributed by atoms with E-state index in [1.54, 1.807) is 7.11 Å². The molecule has 1 unspecified atom stereocenters. The van der Waals surface area contributed by atoms with Gasteiger partial charge < -0.3 is 15.2 Å². The molecule has 0 spiro atoms. The average Bonchev–Trinajstić information content (AvgIpc) is 2.55. The van der Waals surface area contributed by atoms with Gasteiger partial charge in [-0.05, 0) is 48.7 Å². The van der Waals surface area contributed by atoms with Crippen molar-refractivity contribution < 1.29 is 9.84 Å². The number of aliphatic hydroxyl groups is 1. The van der Waals surface area contributed by atoms with Crippen molar-refractivity contribution in [2.75, 3.05) is 13.7 Å². The molecule has 0 aliphatic carbocycles. The lowest BCUT2D eigenvalue weighted by molar-refractivity contribution is 0.282. The van der Waals surface area contributed by atoms with Gasteiger partial charge in [-0.2, -0.15) is 0 Å². The second-order valence-corrected chi connectivity index (χ2v) is 5.18. The lowest BCUT2D eigenvalue weighted by Crippen LogP contribution is -2.21. The van der Waals surface area contributed by atoms with E-state index in [4.69, 9.17) is 9.84 Å². The fourth-order valence-electron chi connectivity index (χ4n) is 2.27. The fraction of sp³-hybridized carbons (Fsp3) is 0.333. The van der Waals surface area contributed by atoms with Crippen LogP contribution in [0.5, 0.6) is 5.75 Å². The number of hydrogen-bond acceptors (Lipinski definition) is 3. The molecule has 21 heavy (non-hydrogen) atoms. The molecular weight excluding hydrogens is 262 g/mol. The molecule has 0 bridgehead atoms. The van der Waals surface area contributed by atoms with Crippen LogP contribution in [0.3, 0.4) is 0 Å². The Hall–Kier alpha value is -1.84. The van der Waals surface area contributed by atoms with Gasteiger partial charge in [0.2, 0.25) is 0 Å². The molecule has 2 aromatic rings. The molecule has 3 nitrogen and oxygen atoms in total. The number of rotatable bonds is 7. The molecule has 2 aromatic carbocycles. The highest BCUT2D eigenvalue weighted by atomic mass is 16.5. The van der Waals surface area contributed by atoms with Gasteiger partial charge in [-0.25, -0.2) is 0 Å². The van der Waals surface area contributed by atoms with Gasteiger partial charge in [-0.15, -0.1) is 0 Å². The number of nitrogens with one attached hydrogen (secondary N) is 1. The third kappa shape index (κ3) is 4.59. The first-order chi connectivity index (χ1) is 10.2. The first-order valence-corrected chi connectivity index (χ1v) is 7.29. The molecule has 2 N–H and O–H groups in total. The summed E-state index contributed by atoms with van der Waals surface area (Å²) in [4.78, 5) is 0. The Morgan fingerprint density at radius 2 is 1.81 bits per heavy atom. The SMILES string of the molecule is COc1cccc(C(C)NCCc2ccc(CO)cc2)c1. The minimum absolute atomic E-state index is 0.103. The van der Waals surface area contributed by atoms with Gasteiger partial charge in [-0.3, -0.25) is 0 Å². The molecule has 0 aliphatic heterocycles. The molecule has 0 amide bonds. The van der Waals surface area contributed by atoms with Crippen LogP contribution in [0.4, 0.5) is 0 Å². The van der Waals surface area contributed by atoms with Crippen LogP contribution in [-0.4, -0.2) is 18.8 Å². The zero-order valence-corrected chi connectivity index (χ0v) is 12.7. The lowest BCUT2D eigenvalue weighted by atomic mass is 10.1. The minimum atomic E-state index is 0.103. The van der Waals surface area contributed by atoms with E-state index < -0.39 is 0 Å². The fourth-order valence-corrected chi connectivity index (χ4v) is 2.27. The van der Waals surface area contributed by atoms with Gasteiger partial charge in [0.05, 0.1) is 13.7 Å². The first-order valence-electron chi connectivity index (χ1n) is 7.29. The van der Waals surface area contributed by atoms with Crippen LogP contribution >= 0.6 is 0 Å². The molecule has 0 fully saturated rings. The van der Waals surface area contributed by atoms with E-state index >= 15 is 0 Å². The van der Waals surface area contributed by atoms with Gasteiger partial charge >= 0.3 is 0 Å². The van der Waals surface area contributed by atoms with Crippen molar-refractivity contribution in [2.45, 2.75) is 26.0 Å². The van der Waals surface area contributed by atoms with E-state index in [1.165, 1.54) is 11.1 Å². The zero-order chi connectivity index (χ0) is 15.1. The highest BCUT2D eigenvalue weighted by Crippen LogP contribution is 2.18. The summed E-state index contributed by atoms with van der Waals surface area (Å²) < 4.78 is 5.25. The van der Waals surface area contributed by atoms with Crippen LogP contribution in [0.25, 0.3) is 0 Å². The molecule has 0 saturated heterocycles. The van der Waals surface area contributed by atoms with Crippen molar-refractivity contribution in [3.8, 4) is 5.75 Å². The molecule has 1 atom stereocenters. The number of ether oxygens (including phenoxy) is 1. The van der Waals surface area contributed by atoms with Crippen LogP contribution in [0.2, 0.25) is 0 Å². The molecule has 0 radical (unpaired) electrons. The van der Waals surface area contributed by atoms with Crippen LogP contribution in [0, 0.1) is 0 Å². The minimum Gasteiger partial charge on any atom is -0.497 e. The summed E-state index contributed by atoms with van der Waals surface area (Å²) in [6.07, 6.45) is 0.972. The van der Waals surface area contributed by atoms with Crippen molar-refractivity contribution in [1.29, 1.82) is 0 Å². The molecule has 2 rings (SSSR count). The zero-order valence-electron chi connectivity index (χ0n) is 12.7. The summed E-state index contributed by atoms with van der Waals surface area (Å²) in [7, 11) is 1.69. The molecule has 3 heteroatoms. The van der Waals surface area contributed by atoms with Crippen molar-refractivity contribution in [1.82, 2.24) is 5.32 Å². The summed E-state index contributed by atoms with van der Waals surface area (Å²) in [6, 6.07) is 16.5. The van der Waals surface area contributed by atoms with Gasteiger partial charge in [0.15, 0.2) is 0 Å². The van der Waals surface area contributed by atoms with Crippen molar-refractivity contribution in [2.24, 2.45) is 0 Å². The molecule has 0 aromatic heterocycles. The number of benzene rings is 2. The summed E-state index contributed by atoms with van der Waals surface area (Å²) in [5.41, 5.74) is 3.46. The van der Waals surface area contributed by atoms with Crippen LogP contribution in [0.1, 0.15) is 29.7 Å². The third-order valence-electron chi connectivity index (χ3n) is 3.66. The maximum atomic E-state index is 9.02. The molecule has 0 aliphatic rings. The van der Waals surface area contributed by atoms with Gasteiger partial charge in [0.1, 0.15) is 5.75 Å². The standard InChI is InChI=1S/C18H23NO2/c1-14(17-4-3-5-18(12-17)21-2)19-11-10-15-6-8-16(13-20)9-7-15/h3-9,12,14,19-20H,10-11,13H2,1-2H3. The van der Waals surface area contributed by atoms with E-state index in [2.05, 4.69) is 36.5 Å². The van der Waals surface area contributed by atoms with Crippen molar-refractivity contribution in [3.63, 3.8) is 0 Å². The third-order valence-corrected chi connectivity index (χ3v) is 3.66. The lowest BCUT2D eigenvalue weighted by Gasteiger charge is -2.15. The predicted octanol–water partition coefficient (Wildman–Crippen LogP) is 3.08. The Morgan fingerprint density at radius 3 is 2.48 bits per heavy atom. The Kier molecular flexibility index (Phi) is 5.78. The largest absolute Gasteiger partial charge is 0.497 e. The predicted molar refractivity (Wildman–Crippen MR) is 85.5 cm³/mol. The Balaban J connectivity index is 1.84. The topological polar surface area (TPSA) is 41.5 Å².